The second-order valence-corrected chi connectivity index (χ2v) is 9.84. The Kier molecular flexibility index (Phi) is 6.59. The van der Waals surface area contributed by atoms with Gasteiger partial charge in [0.1, 0.15) is 11.1 Å². The molecule has 9 nitrogen and oxygen atoms in total. The number of benzene rings is 1. The number of methoxy groups -OCH3 is 1. The molecular weight excluding hydrogens is 466 g/mol. The van der Waals surface area contributed by atoms with Crippen molar-refractivity contribution in [3.8, 4) is 5.88 Å². The lowest BCUT2D eigenvalue weighted by Crippen LogP contribution is -2.51. The Morgan fingerprint density at radius 1 is 1.26 bits per heavy atom. The number of likely N-dealkylation sites (tertiary alicyclic amines) is 1. The van der Waals surface area contributed by atoms with E-state index < -0.39 is 11.5 Å². The molecule has 10 heteroatoms. The molecule has 2 aromatic heterocycles. The average Bonchev–Trinajstić information content (AvgIpc) is 2.88. The van der Waals surface area contributed by atoms with E-state index in [2.05, 4.69) is 37.6 Å². The molecular formula is C25H27N5O4S. The topological polar surface area (TPSA) is 117 Å². The van der Waals surface area contributed by atoms with Crippen LogP contribution in [-0.2, 0) is 16.0 Å². The van der Waals surface area contributed by atoms with Gasteiger partial charge in [0, 0.05) is 36.8 Å². The molecule has 0 spiro atoms. The van der Waals surface area contributed by atoms with Crippen molar-refractivity contribution < 1.29 is 19.4 Å². The Hall–Kier alpha value is -3.21. The van der Waals surface area contributed by atoms with E-state index in [1.54, 1.807) is 36.2 Å². The Balaban J connectivity index is 1.18. The number of hydrogen-bond donors (Lipinski definition) is 3. The highest BCUT2D eigenvalue weighted by Gasteiger charge is 2.39. The molecule has 2 aliphatic rings. The SMILES string of the molecule is COc1ccc2nccc(NC(=O)C3(O)CCN(CCc4ccc5c(c4)NC(=O)CS5)CC3)c2n1. The Labute approximate surface area is 207 Å². The number of aromatic nitrogens is 2. The summed E-state index contributed by atoms with van der Waals surface area (Å²) in [6.45, 7) is 2.05. The van der Waals surface area contributed by atoms with E-state index >= 15 is 0 Å². The molecule has 2 amide bonds. The summed E-state index contributed by atoms with van der Waals surface area (Å²) in [5.74, 6) is 0.479. The number of anilines is 2. The van der Waals surface area contributed by atoms with Crippen molar-refractivity contribution in [2.45, 2.75) is 29.8 Å². The number of rotatable bonds is 6. The second kappa shape index (κ2) is 9.80. The summed E-state index contributed by atoms with van der Waals surface area (Å²) in [6.07, 6.45) is 3.11. The van der Waals surface area contributed by atoms with Gasteiger partial charge in [-0.3, -0.25) is 14.6 Å². The molecule has 35 heavy (non-hydrogen) atoms. The third-order valence-corrected chi connectivity index (χ3v) is 7.59. The van der Waals surface area contributed by atoms with Crippen LogP contribution in [0, 0.1) is 0 Å². The van der Waals surface area contributed by atoms with Crippen LogP contribution in [-0.4, -0.2) is 69.9 Å². The fourth-order valence-electron chi connectivity index (χ4n) is 4.41. The van der Waals surface area contributed by atoms with Gasteiger partial charge in [-0.1, -0.05) is 6.07 Å². The lowest BCUT2D eigenvalue weighted by Gasteiger charge is -2.37. The molecule has 0 aliphatic carbocycles. The zero-order valence-corrected chi connectivity index (χ0v) is 20.2. The Morgan fingerprint density at radius 2 is 2.09 bits per heavy atom. The maximum atomic E-state index is 13.0. The Bertz CT molecular complexity index is 1280. The monoisotopic (exact) mass is 493 g/mol. The van der Waals surface area contributed by atoms with E-state index in [1.807, 2.05) is 6.07 Å². The molecule has 3 N–H and O–H groups in total. The number of hydrogen-bond acceptors (Lipinski definition) is 8. The normalized spacial score (nSPS) is 17.5. The molecule has 182 valence electrons. The lowest BCUT2D eigenvalue weighted by atomic mass is 9.90. The maximum absolute atomic E-state index is 13.0. The maximum Gasteiger partial charge on any atom is 0.256 e. The number of amides is 2. The largest absolute Gasteiger partial charge is 0.481 e. The van der Waals surface area contributed by atoms with Crippen molar-refractivity contribution in [3.63, 3.8) is 0 Å². The van der Waals surface area contributed by atoms with Gasteiger partial charge in [0.2, 0.25) is 11.8 Å². The van der Waals surface area contributed by atoms with E-state index in [-0.39, 0.29) is 5.91 Å². The minimum absolute atomic E-state index is 0.0305. The lowest BCUT2D eigenvalue weighted by molar-refractivity contribution is -0.138. The highest BCUT2D eigenvalue weighted by Crippen LogP contribution is 2.32. The number of piperidine rings is 1. The number of carbonyl (C=O) groups is 2. The van der Waals surface area contributed by atoms with E-state index in [1.165, 1.54) is 7.11 Å². The summed E-state index contributed by atoms with van der Waals surface area (Å²) >= 11 is 1.56. The number of ether oxygens (including phenoxy) is 1. The molecule has 1 fully saturated rings. The third-order valence-electron chi connectivity index (χ3n) is 6.52. The molecule has 2 aliphatic heterocycles. The summed E-state index contributed by atoms with van der Waals surface area (Å²) in [5.41, 5.74) is 2.22. The number of nitrogens with zero attached hydrogens (tertiary/aromatic N) is 3. The van der Waals surface area contributed by atoms with Gasteiger partial charge in [0.05, 0.1) is 29.8 Å². The first kappa shape index (κ1) is 23.5. The molecule has 4 heterocycles. The van der Waals surface area contributed by atoms with Gasteiger partial charge >= 0.3 is 0 Å². The minimum Gasteiger partial charge on any atom is -0.481 e. The smallest absolute Gasteiger partial charge is 0.256 e. The van der Waals surface area contributed by atoms with Crippen molar-refractivity contribution in [1.29, 1.82) is 0 Å². The summed E-state index contributed by atoms with van der Waals surface area (Å²) < 4.78 is 5.19. The van der Waals surface area contributed by atoms with Crippen LogP contribution in [0.4, 0.5) is 11.4 Å². The number of thioether (sulfide) groups is 1. The first-order valence-corrected chi connectivity index (χ1v) is 12.5. The van der Waals surface area contributed by atoms with Crippen molar-refractivity contribution in [3.05, 3.63) is 48.2 Å². The number of pyridine rings is 2. The number of carbonyl (C=O) groups excluding carboxylic acids is 2. The minimum atomic E-state index is -1.45. The first-order chi connectivity index (χ1) is 16.9. The van der Waals surface area contributed by atoms with Crippen molar-refractivity contribution >= 4 is 46.0 Å². The van der Waals surface area contributed by atoms with Crippen LogP contribution in [0.2, 0.25) is 0 Å². The quantitative estimate of drug-likeness (QED) is 0.480. The van der Waals surface area contributed by atoms with Gasteiger partial charge in [0.15, 0.2) is 0 Å². The highest BCUT2D eigenvalue weighted by atomic mass is 32.2. The molecule has 0 atom stereocenters. The summed E-state index contributed by atoms with van der Waals surface area (Å²) in [5, 5.41) is 16.9. The summed E-state index contributed by atoms with van der Waals surface area (Å²) in [4.78, 5) is 36.7. The first-order valence-electron chi connectivity index (χ1n) is 11.5. The van der Waals surface area contributed by atoms with Gasteiger partial charge in [-0.05, 0) is 49.1 Å². The van der Waals surface area contributed by atoms with E-state index in [0.29, 0.717) is 54.3 Å². The number of fused-ring (bicyclic) bond motifs is 2. The van der Waals surface area contributed by atoms with E-state index in [4.69, 9.17) is 4.74 Å². The van der Waals surface area contributed by atoms with E-state index in [0.717, 1.165) is 29.1 Å². The molecule has 0 saturated carbocycles. The van der Waals surface area contributed by atoms with Crippen molar-refractivity contribution in [2.75, 3.05) is 43.1 Å². The zero-order chi connectivity index (χ0) is 24.4. The highest BCUT2D eigenvalue weighted by molar-refractivity contribution is 8.00. The summed E-state index contributed by atoms with van der Waals surface area (Å²) in [6, 6.07) is 11.4. The van der Waals surface area contributed by atoms with Gasteiger partial charge in [-0.25, -0.2) is 4.98 Å². The predicted octanol–water partition coefficient (Wildman–Crippen LogP) is 2.69. The van der Waals surface area contributed by atoms with Crippen LogP contribution in [0.1, 0.15) is 18.4 Å². The van der Waals surface area contributed by atoms with Gasteiger partial charge < -0.3 is 25.4 Å². The van der Waals surface area contributed by atoms with E-state index in [9.17, 15) is 14.7 Å². The molecule has 3 aromatic rings. The van der Waals surface area contributed by atoms with Gasteiger partial charge in [-0.15, -0.1) is 11.8 Å². The number of nitrogens with one attached hydrogen (secondary N) is 2. The van der Waals surface area contributed by atoms with Crippen molar-refractivity contribution in [1.82, 2.24) is 14.9 Å². The van der Waals surface area contributed by atoms with Gasteiger partial charge in [-0.2, -0.15) is 0 Å². The van der Waals surface area contributed by atoms with Crippen LogP contribution in [0.25, 0.3) is 11.0 Å². The standard InChI is InChI=1S/C25H27N5O4S/c1-34-22-5-3-17-23(29-22)18(6-10-26-17)28-24(32)25(33)8-12-30(13-9-25)11-7-16-2-4-20-19(14-16)27-21(31)15-35-20/h2-6,10,14,33H,7-9,11-13,15H2,1H3,(H,27,31)(H,26,28,32). The van der Waals surface area contributed by atoms with Crippen LogP contribution in [0.5, 0.6) is 5.88 Å². The molecule has 0 unspecified atom stereocenters. The van der Waals surface area contributed by atoms with Crippen LogP contribution >= 0.6 is 11.8 Å². The van der Waals surface area contributed by atoms with Crippen LogP contribution < -0.4 is 15.4 Å². The van der Waals surface area contributed by atoms with Crippen LogP contribution in [0.3, 0.4) is 0 Å². The van der Waals surface area contributed by atoms with Crippen LogP contribution in [0.15, 0.2) is 47.5 Å². The predicted molar refractivity (Wildman–Crippen MR) is 135 cm³/mol. The van der Waals surface area contributed by atoms with Gasteiger partial charge in [0.25, 0.3) is 5.91 Å². The fourth-order valence-corrected chi connectivity index (χ4v) is 5.20. The molecule has 1 saturated heterocycles. The molecule has 0 radical (unpaired) electrons. The number of aliphatic hydroxyl groups is 1. The molecule has 5 rings (SSSR count). The zero-order valence-electron chi connectivity index (χ0n) is 19.4. The average molecular weight is 494 g/mol. The Morgan fingerprint density at radius 3 is 2.89 bits per heavy atom. The molecule has 0 bridgehead atoms. The summed E-state index contributed by atoms with van der Waals surface area (Å²) in [7, 11) is 1.53. The molecule has 1 aromatic carbocycles. The van der Waals surface area contributed by atoms with Crippen molar-refractivity contribution in [2.24, 2.45) is 0 Å². The second-order valence-electron chi connectivity index (χ2n) is 8.82. The third kappa shape index (κ3) is 5.09. The fraction of sp³-hybridized carbons (Fsp3) is 0.360.